The van der Waals surface area contributed by atoms with Crippen LogP contribution >= 0.6 is 11.8 Å². The highest BCUT2D eigenvalue weighted by molar-refractivity contribution is 7.99. The normalized spacial score (nSPS) is 10.3. The van der Waals surface area contributed by atoms with Crippen molar-refractivity contribution < 1.29 is 9.90 Å². The molecule has 4 nitrogen and oxygen atoms in total. The van der Waals surface area contributed by atoms with Gasteiger partial charge >= 0.3 is 5.97 Å². The second-order valence-electron chi connectivity index (χ2n) is 3.87. The zero-order chi connectivity index (χ0) is 13.1. The van der Waals surface area contributed by atoms with Gasteiger partial charge in [-0.15, -0.1) is 0 Å². The molecule has 2 rings (SSSR count). The minimum absolute atomic E-state index is 0.142. The van der Waals surface area contributed by atoms with Gasteiger partial charge in [-0.1, -0.05) is 17.7 Å². The molecule has 18 heavy (non-hydrogen) atoms. The van der Waals surface area contributed by atoms with Crippen LogP contribution in [-0.2, 0) is 0 Å². The third-order valence-electron chi connectivity index (χ3n) is 2.42. The average molecular weight is 260 g/mol. The van der Waals surface area contributed by atoms with Gasteiger partial charge in [0.2, 0.25) is 0 Å². The Bertz CT molecular complexity index is 582. The van der Waals surface area contributed by atoms with Crippen LogP contribution in [-0.4, -0.2) is 21.0 Å². The smallest absolute Gasteiger partial charge is 0.339 e. The third kappa shape index (κ3) is 2.87. The molecule has 0 bridgehead atoms. The van der Waals surface area contributed by atoms with Crippen molar-refractivity contribution in [3.63, 3.8) is 0 Å². The first-order valence-corrected chi connectivity index (χ1v) is 6.19. The fraction of sp³-hybridized carbons (Fsp3) is 0.154. The van der Waals surface area contributed by atoms with Gasteiger partial charge in [-0.25, -0.2) is 14.8 Å². The van der Waals surface area contributed by atoms with E-state index >= 15 is 0 Å². The summed E-state index contributed by atoms with van der Waals surface area (Å²) in [7, 11) is 0. The lowest BCUT2D eigenvalue weighted by Gasteiger charge is -2.03. The molecule has 0 aliphatic rings. The largest absolute Gasteiger partial charge is 0.478 e. The van der Waals surface area contributed by atoms with Crippen LogP contribution in [0, 0.1) is 13.8 Å². The van der Waals surface area contributed by atoms with Gasteiger partial charge in [-0.05, 0) is 37.7 Å². The van der Waals surface area contributed by atoms with Crippen molar-refractivity contribution in [2.75, 3.05) is 0 Å². The molecule has 5 heteroatoms. The van der Waals surface area contributed by atoms with Crippen LogP contribution in [0.25, 0.3) is 0 Å². The van der Waals surface area contributed by atoms with Crippen molar-refractivity contribution >= 4 is 17.7 Å². The standard InChI is InChI=1S/C13H12N2O2S/c1-8-3-5-10(6-4-8)18-13-14-7-11(12(16)17)9(2)15-13/h3-7H,1-2H3,(H,16,17). The topological polar surface area (TPSA) is 63.1 Å². The van der Waals surface area contributed by atoms with Crippen molar-refractivity contribution in [3.05, 3.63) is 47.3 Å². The van der Waals surface area contributed by atoms with Gasteiger partial charge in [0.25, 0.3) is 0 Å². The van der Waals surface area contributed by atoms with Gasteiger partial charge in [-0.2, -0.15) is 0 Å². The van der Waals surface area contributed by atoms with Gasteiger partial charge in [0.05, 0.1) is 11.3 Å². The lowest BCUT2D eigenvalue weighted by atomic mass is 10.2. The lowest BCUT2D eigenvalue weighted by molar-refractivity contribution is 0.0695. The number of rotatable bonds is 3. The summed E-state index contributed by atoms with van der Waals surface area (Å²) < 4.78 is 0. The summed E-state index contributed by atoms with van der Waals surface area (Å²) in [5.41, 5.74) is 1.81. The summed E-state index contributed by atoms with van der Waals surface area (Å²) >= 11 is 1.42. The predicted octanol–water partition coefficient (Wildman–Crippen LogP) is 2.94. The van der Waals surface area contributed by atoms with E-state index in [1.807, 2.05) is 31.2 Å². The molecule has 0 unspecified atom stereocenters. The molecule has 1 aromatic carbocycles. The Hall–Kier alpha value is -1.88. The lowest BCUT2D eigenvalue weighted by Crippen LogP contribution is -2.03. The van der Waals surface area contributed by atoms with Crippen LogP contribution in [0.4, 0.5) is 0 Å². The number of carboxylic acids is 1. The molecule has 1 N–H and O–H groups in total. The van der Waals surface area contributed by atoms with E-state index in [1.54, 1.807) is 6.92 Å². The second kappa shape index (κ2) is 5.18. The predicted molar refractivity (Wildman–Crippen MR) is 69.0 cm³/mol. The fourth-order valence-corrected chi connectivity index (χ4v) is 2.19. The Balaban J connectivity index is 2.22. The molecule has 0 amide bonds. The van der Waals surface area contributed by atoms with Crippen LogP contribution < -0.4 is 0 Å². The third-order valence-corrected chi connectivity index (χ3v) is 3.30. The Labute approximate surface area is 109 Å². The van der Waals surface area contributed by atoms with Gasteiger partial charge in [0.1, 0.15) is 0 Å². The van der Waals surface area contributed by atoms with E-state index < -0.39 is 5.97 Å². The van der Waals surface area contributed by atoms with Gasteiger partial charge in [-0.3, -0.25) is 0 Å². The number of hydrogen-bond acceptors (Lipinski definition) is 4. The van der Waals surface area contributed by atoms with Crippen LogP contribution in [0.1, 0.15) is 21.6 Å². The number of hydrogen-bond donors (Lipinski definition) is 1. The zero-order valence-corrected chi connectivity index (χ0v) is 10.9. The van der Waals surface area contributed by atoms with E-state index in [0.717, 1.165) is 4.90 Å². The number of benzene rings is 1. The molecule has 0 radical (unpaired) electrons. The average Bonchev–Trinajstić information content (AvgIpc) is 2.32. The monoisotopic (exact) mass is 260 g/mol. The van der Waals surface area contributed by atoms with E-state index in [1.165, 1.54) is 23.5 Å². The second-order valence-corrected chi connectivity index (χ2v) is 4.91. The summed E-state index contributed by atoms with van der Waals surface area (Å²) in [6.45, 7) is 3.70. The maximum absolute atomic E-state index is 10.8. The quantitative estimate of drug-likeness (QED) is 0.860. The molecule has 0 spiro atoms. The first-order chi connectivity index (χ1) is 8.56. The van der Waals surface area contributed by atoms with Crippen LogP contribution in [0.15, 0.2) is 40.5 Å². The first kappa shape index (κ1) is 12.6. The summed E-state index contributed by atoms with van der Waals surface area (Å²) in [6, 6.07) is 8.01. The van der Waals surface area contributed by atoms with E-state index in [0.29, 0.717) is 10.9 Å². The van der Waals surface area contributed by atoms with Crippen LogP contribution in [0.3, 0.4) is 0 Å². The fourth-order valence-electron chi connectivity index (χ4n) is 1.42. The highest BCUT2D eigenvalue weighted by atomic mass is 32.2. The molecule has 0 aliphatic heterocycles. The van der Waals surface area contributed by atoms with E-state index in [9.17, 15) is 4.79 Å². The first-order valence-electron chi connectivity index (χ1n) is 5.38. The number of aromatic carboxylic acids is 1. The minimum atomic E-state index is -1.00. The number of carboxylic acid groups (broad SMARTS) is 1. The Morgan fingerprint density at radius 2 is 1.89 bits per heavy atom. The van der Waals surface area contributed by atoms with Crippen LogP contribution in [0.2, 0.25) is 0 Å². The van der Waals surface area contributed by atoms with E-state index in [4.69, 9.17) is 5.11 Å². The summed E-state index contributed by atoms with van der Waals surface area (Å²) in [5, 5.41) is 9.45. The molecule has 0 fully saturated rings. The molecule has 1 heterocycles. The Morgan fingerprint density at radius 3 is 2.44 bits per heavy atom. The van der Waals surface area contributed by atoms with Crippen molar-refractivity contribution in [2.24, 2.45) is 0 Å². The zero-order valence-electron chi connectivity index (χ0n) is 10.0. The molecular weight excluding hydrogens is 248 g/mol. The molecule has 0 saturated heterocycles. The molecule has 92 valence electrons. The summed E-state index contributed by atoms with van der Waals surface area (Å²) in [5.74, 6) is -1.00. The van der Waals surface area contributed by atoms with Crippen molar-refractivity contribution in [3.8, 4) is 0 Å². The van der Waals surface area contributed by atoms with Gasteiger partial charge in [0, 0.05) is 11.1 Å². The number of aryl methyl sites for hydroxylation is 2. The molecule has 0 saturated carbocycles. The molecule has 1 aromatic heterocycles. The summed E-state index contributed by atoms with van der Waals surface area (Å²) in [6.07, 6.45) is 1.35. The highest BCUT2D eigenvalue weighted by Gasteiger charge is 2.10. The number of nitrogens with zero attached hydrogens (tertiary/aromatic N) is 2. The maximum Gasteiger partial charge on any atom is 0.339 e. The number of carbonyl (C=O) groups is 1. The Kier molecular flexibility index (Phi) is 3.62. The molecule has 2 aromatic rings. The van der Waals surface area contributed by atoms with E-state index in [2.05, 4.69) is 9.97 Å². The summed E-state index contributed by atoms with van der Waals surface area (Å²) in [4.78, 5) is 20.1. The maximum atomic E-state index is 10.8. The van der Waals surface area contributed by atoms with Gasteiger partial charge < -0.3 is 5.11 Å². The molecular formula is C13H12N2O2S. The Morgan fingerprint density at radius 1 is 1.22 bits per heavy atom. The van der Waals surface area contributed by atoms with Crippen molar-refractivity contribution in [1.29, 1.82) is 0 Å². The molecule has 0 atom stereocenters. The van der Waals surface area contributed by atoms with Crippen molar-refractivity contribution in [2.45, 2.75) is 23.9 Å². The van der Waals surface area contributed by atoms with Crippen LogP contribution in [0.5, 0.6) is 0 Å². The van der Waals surface area contributed by atoms with Gasteiger partial charge in [0.15, 0.2) is 5.16 Å². The van der Waals surface area contributed by atoms with E-state index in [-0.39, 0.29) is 5.56 Å². The highest BCUT2D eigenvalue weighted by Crippen LogP contribution is 2.25. The number of aromatic nitrogens is 2. The minimum Gasteiger partial charge on any atom is -0.478 e. The SMILES string of the molecule is Cc1ccc(Sc2ncc(C(=O)O)c(C)n2)cc1. The van der Waals surface area contributed by atoms with Crippen molar-refractivity contribution in [1.82, 2.24) is 9.97 Å². The molecule has 0 aliphatic carbocycles.